The number of halogens is 1. The van der Waals surface area contributed by atoms with E-state index in [4.69, 9.17) is 27.3 Å². The molecule has 0 atom stereocenters. The lowest BCUT2D eigenvalue weighted by molar-refractivity contribution is 0.414. The predicted octanol–water partition coefficient (Wildman–Crippen LogP) is 1.99. The van der Waals surface area contributed by atoms with Gasteiger partial charge in [-0.2, -0.15) is 5.26 Å². The average Bonchev–Trinajstić information content (AvgIpc) is 2.68. The summed E-state index contributed by atoms with van der Waals surface area (Å²) in [6.45, 7) is 0. The first-order chi connectivity index (χ1) is 8.15. The van der Waals surface area contributed by atoms with Crippen LogP contribution < -0.4 is 10.5 Å². The third-order valence-corrected chi connectivity index (χ3v) is 2.56. The topological polar surface area (TPSA) is 76.9 Å². The van der Waals surface area contributed by atoms with Gasteiger partial charge in [0, 0.05) is 6.07 Å². The molecule has 1 aromatic carbocycles. The summed E-state index contributed by atoms with van der Waals surface area (Å²) in [4.78, 5) is 0. The van der Waals surface area contributed by atoms with Crippen LogP contribution in [0.5, 0.6) is 5.75 Å². The second-order valence-corrected chi connectivity index (χ2v) is 3.71. The third kappa shape index (κ3) is 2.03. The molecule has 86 valence electrons. The zero-order valence-electron chi connectivity index (χ0n) is 9.01. The fourth-order valence-electron chi connectivity index (χ4n) is 1.41. The lowest BCUT2D eigenvalue weighted by Gasteiger charge is -2.06. The number of nitrogen functional groups attached to an aromatic ring is 1. The van der Waals surface area contributed by atoms with Gasteiger partial charge in [-0.15, -0.1) is 5.10 Å². The highest BCUT2D eigenvalue weighted by Crippen LogP contribution is 2.24. The van der Waals surface area contributed by atoms with Crippen molar-refractivity contribution in [1.82, 2.24) is 9.78 Å². The smallest absolute Gasteiger partial charge is 0.164 e. The van der Waals surface area contributed by atoms with Crippen molar-refractivity contribution >= 4 is 17.4 Å². The Bertz CT molecular complexity index is 581. The van der Waals surface area contributed by atoms with Crippen LogP contribution in [-0.4, -0.2) is 16.9 Å². The number of hydrogen-bond donors (Lipinski definition) is 1. The predicted molar refractivity (Wildman–Crippen MR) is 64.3 cm³/mol. The molecule has 2 N–H and O–H groups in total. The van der Waals surface area contributed by atoms with Crippen LogP contribution in [0.4, 0.5) is 5.82 Å². The van der Waals surface area contributed by atoms with Gasteiger partial charge in [0.05, 0.1) is 24.6 Å². The largest absolute Gasteiger partial charge is 0.497 e. The van der Waals surface area contributed by atoms with Crippen molar-refractivity contribution in [2.75, 3.05) is 12.8 Å². The summed E-state index contributed by atoms with van der Waals surface area (Å²) in [7, 11) is 1.55. The molecule has 0 fully saturated rings. The zero-order valence-corrected chi connectivity index (χ0v) is 9.77. The summed E-state index contributed by atoms with van der Waals surface area (Å²) in [5.41, 5.74) is 6.60. The first-order valence-electron chi connectivity index (χ1n) is 4.75. The molecule has 2 aromatic rings. The Morgan fingerprint density at radius 3 is 2.82 bits per heavy atom. The van der Waals surface area contributed by atoms with E-state index in [0.29, 0.717) is 22.0 Å². The van der Waals surface area contributed by atoms with E-state index >= 15 is 0 Å². The van der Waals surface area contributed by atoms with Crippen LogP contribution in [0.2, 0.25) is 5.02 Å². The summed E-state index contributed by atoms with van der Waals surface area (Å²) < 4.78 is 6.56. The van der Waals surface area contributed by atoms with Crippen LogP contribution in [0.1, 0.15) is 5.56 Å². The van der Waals surface area contributed by atoms with Crippen LogP contribution in [0.15, 0.2) is 24.4 Å². The molecule has 0 saturated carbocycles. The maximum atomic E-state index is 9.02. The zero-order chi connectivity index (χ0) is 12.4. The number of ether oxygens (including phenoxy) is 1. The highest BCUT2D eigenvalue weighted by atomic mass is 35.5. The summed E-state index contributed by atoms with van der Waals surface area (Å²) in [5.74, 6) is 0.850. The van der Waals surface area contributed by atoms with Gasteiger partial charge < -0.3 is 10.5 Å². The lowest BCUT2D eigenvalue weighted by atomic mass is 10.2. The number of rotatable bonds is 2. The lowest BCUT2D eigenvalue weighted by Crippen LogP contribution is -2.00. The normalized spacial score (nSPS) is 9.94. The summed E-state index contributed by atoms with van der Waals surface area (Å²) in [6.07, 6.45) is 1.55. The molecule has 2 rings (SSSR count). The monoisotopic (exact) mass is 248 g/mol. The Morgan fingerprint density at radius 2 is 2.29 bits per heavy atom. The van der Waals surface area contributed by atoms with Gasteiger partial charge >= 0.3 is 0 Å². The van der Waals surface area contributed by atoms with E-state index in [0.717, 1.165) is 0 Å². The van der Waals surface area contributed by atoms with E-state index in [1.54, 1.807) is 31.5 Å². The molecule has 5 nitrogen and oxygen atoms in total. The molecule has 0 saturated heterocycles. The van der Waals surface area contributed by atoms with E-state index < -0.39 is 0 Å². The molecule has 0 aliphatic heterocycles. The number of nitriles is 1. The van der Waals surface area contributed by atoms with Crippen molar-refractivity contribution < 1.29 is 4.74 Å². The van der Waals surface area contributed by atoms with E-state index in [1.165, 1.54) is 4.68 Å². The number of benzene rings is 1. The van der Waals surface area contributed by atoms with Crippen molar-refractivity contribution in [3.63, 3.8) is 0 Å². The van der Waals surface area contributed by atoms with E-state index in [9.17, 15) is 0 Å². The van der Waals surface area contributed by atoms with E-state index in [2.05, 4.69) is 11.2 Å². The van der Waals surface area contributed by atoms with Gasteiger partial charge in [0.2, 0.25) is 0 Å². The maximum absolute atomic E-state index is 9.02. The molecule has 0 amide bonds. The Kier molecular flexibility index (Phi) is 2.90. The maximum Gasteiger partial charge on any atom is 0.164 e. The molecule has 1 heterocycles. The van der Waals surface area contributed by atoms with Crippen LogP contribution in [0.3, 0.4) is 0 Å². The third-order valence-electron chi connectivity index (χ3n) is 2.27. The van der Waals surface area contributed by atoms with E-state index in [-0.39, 0.29) is 5.82 Å². The molecule has 0 spiro atoms. The van der Waals surface area contributed by atoms with Gasteiger partial charge in [-0.1, -0.05) is 11.6 Å². The molecular formula is C11H9ClN4O. The second-order valence-electron chi connectivity index (χ2n) is 3.30. The quantitative estimate of drug-likeness (QED) is 0.882. The molecule has 0 aliphatic rings. The fraction of sp³-hybridized carbons (Fsp3) is 0.0909. The van der Waals surface area contributed by atoms with Gasteiger partial charge in [-0.05, 0) is 12.1 Å². The Labute approximate surface area is 103 Å². The molecule has 6 heteroatoms. The minimum atomic E-state index is 0.221. The molecule has 0 radical (unpaired) electrons. The number of methoxy groups -OCH3 is 1. The first kappa shape index (κ1) is 11.3. The van der Waals surface area contributed by atoms with Gasteiger partial charge in [-0.3, -0.25) is 0 Å². The van der Waals surface area contributed by atoms with Crippen molar-refractivity contribution in [3.8, 4) is 17.5 Å². The van der Waals surface area contributed by atoms with Gasteiger partial charge in [0.15, 0.2) is 5.82 Å². The minimum Gasteiger partial charge on any atom is -0.497 e. The fourth-order valence-corrected chi connectivity index (χ4v) is 1.54. The van der Waals surface area contributed by atoms with Crippen LogP contribution in [-0.2, 0) is 0 Å². The molecule has 1 aromatic heterocycles. The molecule has 0 unspecified atom stereocenters. The van der Waals surface area contributed by atoms with Gasteiger partial charge in [0.25, 0.3) is 0 Å². The molecule has 0 aliphatic carbocycles. The van der Waals surface area contributed by atoms with E-state index in [1.807, 2.05) is 0 Å². The minimum absolute atomic E-state index is 0.221. The highest BCUT2D eigenvalue weighted by molar-refractivity contribution is 6.32. The summed E-state index contributed by atoms with van der Waals surface area (Å²) >= 11 is 5.83. The highest BCUT2D eigenvalue weighted by Gasteiger charge is 2.10. The number of nitrogens with zero attached hydrogens (tertiary/aromatic N) is 3. The summed E-state index contributed by atoms with van der Waals surface area (Å²) in [5, 5.41) is 13.4. The van der Waals surface area contributed by atoms with Gasteiger partial charge in [-0.25, -0.2) is 4.68 Å². The van der Waals surface area contributed by atoms with Crippen molar-refractivity contribution in [2.45, 2.75) is 0 Å². The number of anilines is 1. The van der Waals surface area contributed by atoms with Crippen LogP contribution >= 0.6 is 11.6 Å². The van der Waals surface area contributed by atoms with Gasteiger partial charge in [0.1, 0.15) is 16.8 Å². The standard InChI is InChI=1S/C11H9ClN4O/c1-17-8-3-2-7(5-13)10(4-8)16-6-9(12)11(14)15-16/h2-4,6H,1H3,(H2,14,15). The number of hydrogen-bond acceptors (Lipinski definition) is 4. The second kappa shape index (κ2) is 4.36. The summed E-state index contributed by atoms with van der Waals surface area (Å²) in [6, 6.07) is 7.13. The Balaban J connectivity index is 2.60. The first-order valence-corrected chi connectivity index (χ1v) is 5.12. The SMILES string of the molecule is COc1ccc(C#N)c(-n2cc(Cl)c(N)n2)c1. The van der Waals surface area contributed by atoms with Crippen molar-refractivity contribution in [1.29, 1.82) is 5.26 Å². The van der Waals surface area contributed by atoms with Crippen molar-refractivity contribution in [2.24, 2.45) is 0 Å². The number of aromatic nitrogens is 2. The average molecular weight is 249 g/mol. The number of nitrogens with two attached hydrogens (primary N) is 1. The van der Waals surface area contributed by atoms with Crippen LogP contribution in [0.25, 0.3) is 5.69 Å². The van der Waals surface area contributed by atoms with Crippen molar-refractivity contribution in [3.05, 3.63) is 35.0 Å². The Morgan fingerprint density at radius 1 is 1.53 bits per heavy atom. The molecule has 17 heavy (non-hydrogen) atoms. The molecule has 0 bridgehead atoms. The Hall–Kier alpha value is -2.19. The molecular weight excluding hydrogens is 240 g/mol. The van der Waals surface area contributed by atoms with Crippen LogP contribution in [0, 0.1) is 11.3 Å².